The fourth-order valence-corrected chi connectivity index (χ4v) is 2.83. The first-order valence-electron chi connectivity index (χ1n) is 4.59. The zero-order chi connectivity index (χ0) is 10.2. The molecule has 1 heterocycles. The summed E-state index contributed by atoms with van der Waals surface area (Å²) in [4.78, 5) is 0. The third-order valence-electron chi connectivity index (χ3n) is 2.33. The Bertz CT molecular complexity index is 410. The molecule has 1 aromatic rings. The summed E-state index contributed by atoms with van der Waals surface area (Å²) < 4.78 is 21.8. The van der Waals surface area contributed by atoms with Crippen LogP contribution in [0.5, 0.6) is 0 Å². The van der Waals surface area contributed by atoms with E-state index in [4.69, 9.17) is 0 Å². The van der Waals surface area contributed by atoms with Crippen LogP contribution < -0.4 is 5.32 Å². The molecule has 1 saturated heterocycles. The topological polar surface area (TPSA) is 46.2 Å². The summed E-state index contributed by atoms with van der Waals surface area (Å²) in [6.45, 7) is 2.03. The Kier molecular flexibility index (Phi) is 2.23. The molecule has 1 N–H and O–H groups in total. The molecule has 0 amide bonds. The molecule has 1 aliphatic heterocycles. The maximum atomic E-state index is 10.9. The second-order valence-electron chi connectivity index (χ2n) is 3.78. The minimum atomic E-state index is -2.72. The molecule has 76 valence electrons. The summed E-state index contributed by atoms with van der Waals surface area (Å²) in [6.07, 6.45) is 0. The van der Waals surface area contributed by atoms with Crippen LogP contribution in [-0.4, -0.2) is 26.0 Å². The van der Waals surface area contributed by atoms with Gasteiger partial charge in [0.15, 0.2) is 9.84 Å². The molecule has 4 heteroatoms. The van der Waals surface area contributed by atoms with Gasteiger partial charge in [0.2, 0.25) is 0 Å². The number of hydrogen-bond acceptors (Lipinski definition) is 3. The number of hydrogen-bond donors (Lipinski definition) is 1. The first-order valence-corrected chi connectivity index (χ1v) is 6.41. The zero-order valence-corrected chi connectivity index (χ0v) is 8.84. The van der Waals surface area contributed by atoms with Gasteiger partial charge >= 0.3 is 0 Å². The molecule has 2 rings (SSSR count). The second kappa shape index (κ2) is 3.28. The average molecular weight is 211 g/mol. The normalized spacial score (nSPS) is 20.1. The highest BCUT2D eigenvalue weighted by Gasteiger charge is 2.32. The standard InChI is InChI=1S/C10H13NO2S/c1-8-2-4-9(5-3-8)11-10-6-14(12,13)7-10/h2-5,10-11H,6-7H2,1H3. The van der Waals surface area contributed by atoms with Crippen molar-refractivity contribution >= 4 is 15.5 Å². The number of nitrogens with one attached hydrogen (secondary N) is 1. The van der Waals surface area contributed by atoms with E-state index in [0.717, 1.165) is 5.69 Å². The Morgan fingerprint density at radius 2 is 1.79 bits per heavy atom. The Hall–Kier alpha value is -1.03. The van der Waals surface area contributed by atoms with Gasteiger partial charge in [0.05, 0.1) is 17.5 Å². The Morgan fingerprint density at radius 1 is 1.21 bits per heavy atom. The lowest BCUT2D eigenvalue weighted by atomic mass is 10.2. The first-order chi connectivity index (χ1) is 6.55. The van der Waals surface area contributed by atoms with Gasteiger partial charge in [-0.05, 0) is 19.1 Å². The molecule has 0 radical (unpaired) electrons. The maximum absolute atomic E-state index is 10.9. The molecule has 14 heavy (non-hydrogen) atoms. The number of sulfone groups is 1. The van der Waals surface area contributed by atoms with Gasteiger partial charge < -0.3 is 5.32 Å². The van der Waals surface area contributed by atoms with Crippen LogP contribution in [0.2, 0.25) is 0 Å². The van der Waals surface area contributed by atoms with Crippen LogP contribution in [0.4, 0.5) is 5.69 Å². The molecule has 1 aromatic carbocycles. The maximum Gasteiger partial charge on any atom is 0.154 e. The van der Waals surface area contributed by atoms with E-state index in [1.807, 2.05) is 31.2 Å². The van der Waals surface area contributed by atoms with Crippen molar-refractivity contribution in [1.29, 1.82) is 0 Å². The Labute approximate surface area is 84.1 Å². The molecule has 1 fully saturated rings. The zero-order valence-electron chi connectivity index (χ0n) is 8.03. The van der Waals surface area contributed by atoms with Crippen molar-refractivity contribution in [2.45, 2.75) is 13.0 Å². The largest absolute Gasteiger partial charge is 0.380 e. The highest BCUT2D eigenvalue weighted by Crippen LogP contribution is 2.17. The van der Waals surface area contributed by atoms with Crippen molar-refractivity contribution in [1.82, 2.24) is 0 Å². The van der Waals surface area contributed by atoms with E-state index >= 15 is 0 Å². The fourth-order valence-electron chi connectivity index (χ4n) is 1.53. The van der Waals surface area contributed by atoms with Crippen LogP contribution in [0.25, 0.3) is 0 Å². The Morgan fingerprint density at radius 3 is 2.29 bits per heavy atom. The SMILES string of the molecule is Cc1ccc(NC2CS(=O)(=O)C2)cc1. The molecule has 3 nitrogen and oxygen atoms in total. The first kappa shape index (κ1) is 9.52. The van der Waals surface area contributed by atoms with Crippen LogP contribution in [0.3, 0.4) is 0 Å². The van der Waals surface area contributed by atoms with E-state index in [1.165, 1.54) is 5.56 Å². The minimum absolute atomic E-state index is 0.0997. The lowest BCUT2D eigenvalue weighted by Gasteiger charge is -2.27. The van der Waals surface area contributed by atoms with E-state index in [-0.39, 0.29) is 17.5 Å². The van der Waals surface area contributed by atoms with Crippen molar-refractivity contribution < 1.29 is 8.42 Å². The number of benzene rings is 1. The summed E-state index contributed by atoms with van der Waals surface area (Å²) in [5, 5.41) is 3.18. The van der Waals surface area contributed by atoms with Crippen LogP contribution in [0, 0.1) is 6.92 Å². The van der Waals surface area contributed by atoms with Crippen molar-refractivity contribution in [2.24, 2.45) is 0 Å². The van der Waals surface area contributed by atoms with E-state index in [2.05, 4.69) is 5.32 Å². The summed E-state index contributed by atoms with van der Waals surface area (Å²) in [5.41, 5.74) is 2.20. The summed E-state index contributed by atoms with van der Waals surface area (Å²) in [6, 6.07) is 8.06. The highest BCUT2D eigenvalue weighted by molar-refractivity contribution is 7.92. The molecule has 0 saturated carbocycles. The Balaban J connectivity index is 1.97. The van der Waals surface area contributed by atoms with E-state index < -0.39 is 9.84 Å². The molecule has 0 unspecified atom stereocenters. The molecule has 0 atom stereocenters. The molecule has 0 aromatic heterocycles. The number of aryl methyl sites for hydroxylation is 1. The average Bonchev–Trinajstić information content (AvgIpc) is 2.06. The van der Waals surface area contributed by atoms with Gasteiger partial charge in [0, 0.05) is 5.69 Å². The van der Waals surface area contributed by atoms with Gasteiger partial charge in [0.1, 0.15) is 0 Å². The lowest BCUT2D eigenvalue weighted by Crippen LogP contribution is -2.46. The third-order valence-corrected chi connectivity index (χ3v) is 4.15. The van der Waals surface area contributed by atoms with Gasteiger partial charge in [-0.2, -0.15) is 0 Å². The molecule has 1 aliphatic rings. The van der Waals surface area contributed by atoms with E-state index in [0.29, 0.717) is 0 Å². The van der Waals surface area contributed by atoms with Crippen molar-refractivity contribution in [3.8, 4) is 0 Å². The predicted octanol–water partition coefficient (Wildman–Crippen LogP) is 1.20. The van der Waals surface area contributed by atoms with Crippen LogP contribution in [-0.2, 0) is 9.84 Å². The van der Waals surface area contributed by atoms with Crippen molar-refractivity contribution in [2.75, 3.05) is 16.8 Å². The summed E-state index contributed by atoms with van der Waals surface area (Å²) >= 11 is 0. The van der Waals surface area contributed by atoms with Crippen LogP contribution in [0.15, 0.2) is 24.3 Å². The molecular formula is C10H13NO2S. The van der Waals surface area contributed by atoms with Gasteiger partial charge in [-0.1, -0.05) is 17.7 Å². The van der Waals surface area contributed by atoms with Gasteiger partial charge in [0.25, 0.3) is 0 Å². The van der Waals surface area contributed by atoms with Gasteiger partial charge in [-0.3, -0.25) is 0 Å². The van der Waals surface area contributed by atoms with Crippen molar-refractivity contribution in [3.05, 3.63) is 29.8 Å². The van der Waals surface area contributed by atoms with Gasteiger partial charge in [-0.25, -0.2) is 8.42 Å². The number of rotatable bonds is 2. The molecular weight excluding hydrogens is 198 g/mol. The summed E-state index contributed by atoms with van der Waals surface area (Å²) in [7, 11) is -2.72. The fraction of sp³-hybridized carbons (Fsp3) is 0.400. The third kappa shape index (κ3) is 2.07. The lowest BCUT2D eigenvalue weighted by molar-refractivity contribution is 0.570. The van der Waals surface area contributed by atoms with Crippen LogP contribution in [0.1, 0.15) is 5.56 Å². The van der Waals surface area contributed by atoms with Crippen LogP contribution >= 0.6 is 0 Å². The van der Waals surface area contributed by atoms with Gasteiger partial charge in [-0.15, -0.1) is 0 Å². The summed E-state index contributed by atoms with van der Waals surface area (Å²) in [5.74, 6) is 0.530. The molecule has 0 spiro atoms. The van der Waals surface area contributed by atoms with Crippen molar-refractivity contribution in [3.63, 3.8) is 0 Å². The number of anilines is 1. The minimum Gasteiger partial charge on any atom is -0.380 e. The van der Waals surface area contributed by atoms with E-state index in [9.17, 15) is 8.42 Å². The van der Waals surface area contributed by atoms with E-state index in [1.54, 1.807) is 0 Å². The second-order valence-corrected chi connectivity index (χ2v) is 5.94. The predicted molar refractivity (Wildman–Crippen MR) is 57.2 cm³/mol. The monoisotopic (exact) mass is 211 g/mol. The smallest absolute Gasteiger partial charge is 0.154 e. The highest BCUT2D eigenvalue weighted by atomic mass is 32.2. The molecule has 0 bridgehead atoms. The molecule has 0 aliphatic carbocycles. The quantitative estimate of drug-likeness (QED) is 0.799.